The number of likely N-dealkylation sites (N-methyl/N-ethyl adjacent to an activating group) is 1. The highest BCUT2D eigenvalue weighted by Gasteiger charge is 2.06. The number of hydrogen-bond donors (Lipinski definition) is 1. The first-order valence-electron chi connectivity index (χ1n) is 7.33. The molecule has 0 radical (unpaired) electrons. The van der Waals surface area contributed by atoms with Gasteiger partial charge in [-0.25, -0.2) is 0 Å². The van der Waals surface area contributed by atoms with E-state index < -0.39 is 0 Å². The van der Waals surface area contributed by atoms with Crippen LogP contribution >= 0.6 is 0 Å². The lowest BCUT2D eigenvalue weighted by Crippen LogP contribution is -2.28. The molecule has 1 aromatic rings. The molecule has 0 saturated carbocycles. The molecule has 20 heavy (non-hydrogen) atoms. The summed E-state index contributed by atoms with van der Waals surface area (Å²) in [6.45, 7) is 10.5. The fourth-order valence-corrected chi connectivity index (χ4v) is 1.90. The lowest BCUT2D eigenvalue weighted by atomic mass is 10.2. The van der Waals surface area contributed by atoms with E-state index in [2.05, 4.69) is 23.2 Å². The molecule has 0 unspecified atom stereocenters. The summed E-state index contributed by atoms with van der Waals surface area (Å²) in [6.07, 6.45) is 0.744. The molecule has 0 fully saturated rings. The molecule has 0 aliphatic heterocycles. The largest absolute Gasteiger partial charge is 0.377 e. The third kappa shape index (κ3) is 5.61. The maximum Gasteiger partial charge on any atom is 0.224 e. The van der Waals surface area contributed by atoms with Crippen molar-refractivity contribution in [1.29, 1.82) is 0 Å². The normalized spacial score (nSPS) is 10.7. The Balaban J connectivity index is 2.67. The summed E-state index contributed by atoms with van der Waals surface area (Å²) in [5.41, 5.74) is 1.95. The molecule has 0 bridgehead atoms. The van der Waals surface area contributed by atoms with E-state index >= 15 is 0 Å². The fourth-order valence-electron chi connectivity index (χ4n) is 1.90. The van der Waals surface area contributed by atoms with Crippen LogP contribution in [0.4, 0.5) is 11.4 Å². The SMILES string of the molecule is CCC(=O)Nc1cccc(N(CC)CCOC(C)C)c1. The van der Waals surface area contributed by atoms with Gasteiger partial charge >= 0.3 is 0 Å². The van der Waals surface area contributed by atoms with Crippen molar-refractivity contribution >= 4 is 17.3 Å². The molecule has 4 heteroatoms. The summed E-state index contributed by atoms with van der Waals surface area (Å²) in [6, 6.07) is 7.94. The number of rotatable bonds is 8. The zero-order valence-corrected chi connectivity index (χ0v) is 13.0. The Labute approximate surface area is 122 Å². The van der Waals surface area contributed by atoms with Gasteiger partial charge < -0.3 is 15.0 Å². The van der Waals surface area contributed by atoms with Gasteiger partial charge in [0.1, 0.15) is 0 Å². The lowest BCUT2D eigenvalue weighted by molar-refractivity contribution is -0.115. The van der Waals surface area contributed by atoms with E-state index in [1.165, 1.54) is 0 Å². The summed E-state index contributed by atoms with van der Waals surface area (Å²) < 4.78 is 5.60. The fraction of sp³-hybridized carbons (Fsp3) is 0.562. The van der Waals surface area contributed by atoms with Crippen molar-refractivity contribution in [3.63, 3.8) is 0 Å². The molecule has 1 aromatic carbocycles. The van der Waals surface area contributed by atoms with Gasteiger partial charge in [-0.15, -0.1) is 0 Å². The number of anilines is 2. The average molecular weight is 278 g/mol. The van der Waals surface area contributed by atoms with Gasteiger partial charge in [-0.3, -0.25) is 4.79 Å². The molecule has 0 spiro atoms. The van der Waals surface area contributed by atoms with Gasteiger partial charge in [-0.1, -0.05) is 13.0 Å². The minimum absolute atomic E-state index is 0.0355. The van der Waals surface area contributed by atoms with Gasteiger partial charge in [0, 0.05) is 30.9 Å². The number of carbonyl (C=O) groups excluding carboxylic acids is 1. The molecule has 0 atom stereocenters. The lowest BCUT2D eigenvalue weighted by Gasteiger charge is -2.24. The van der Waals surface area contributed by atoms with E-state index in [4.69, 9.17) is 4.74 Å². The summed E-state index contributed by atoms with van der Waals surface area (Å²) in [5, 5.41) is 2.89. The van der Waals surface area contributed by atoms with E-state index in [0.717, 1.165) is 24.5 Å². The number of hydrogen-bond acceptors (Lipinski definition) is 3. The van der Waals surface area contributed by atoms with Crippen molar-refractivity contribution in [3.8, 4) is 0 Å². The van der Waals surface area contributed by atoms with Crippen LogP contribution in [0, 0.1) is 0 Å². The van der Waals surface area contributed by atoms with Crippen LogP contribution in [-0.2, 0) is 9.53 Å². The summed E-state index contributed by atoms with van der Waals surface area (Å²) in [4.78, 5) is 13.7. The minimum Gasteiger partial charge on any atom is -0.377 e. The van der Waals surface area contributed by atoms with Crippen molar-refractivity contribution in [2.75, 3.05) is 29.9 Å². The van der Waals surface area contributed by atoms with Gasteiger partial charge in [0.25, 0.3) is 0 Å². The molecule has 1 rings (SSSR count). The van der Waals surface area contributed by atoms with Crippen LogP contribution in [0.1, 0.15) is 34.1 Å². The second kappa shape index (κ2) is 8.59. The number of benzene rings is 1. The molecule has 0 saturated heterocycles. The van der Waals surface area contributed by atoms with E-state index in [0.29, 0.717) is 13.0 Å². The van der Waals surface area contributed by atoms with Gasteiger partial charge in [0.05, 0.1) is 12.7 Å². The van der Waals surface area contributed by atoms with E-state index in [1.54, 1.807) is 0 Å². The van der Waals surface area contributed by atoms with E-state index in [9.17, 15) is 4.79 Å². The summed E-state index contributed by atoms with van der Waals surface area (Å²) >= 11 is 0. The predicted molar refractivity (Wildman–Crippen MR) is 84.3 cm³/mol. The minimum atomic E-state index is 0.0355. The highest BCUT2D eigenvalue weighted by atomic mass is 16.5. The smallest absolute Gasteiger partial charge is 0.224 e. The Kier molecular flexibility index (Phi) is 7.09. The molecule has 1 N–H and O–H groups in total. The van der Waals surface area contributed by atoms with Crippen molar-refractivity contribution in [3.05, 3.63) is 24.3 Å². The predicted octanol–water partition coefficient (Wildman–Crippen LogP) is 3.29. The van der Waals surface area contributed by atoms with Crippen LogP contribution in [0.25, 0.3) is 0 Å². The van der Waals surface area contributed by atoms with Crippen LogP contribution in [0.5, 0.6) is 0 Å². The van der Waals surface area contributed by atoms with Gasteiger partial charge in [-0.05, 0) is 39.0 Å². The monoisotopic (exact) mass is 278 g/mol. The molecule has 112 valence electrons. The quantitative estimate of drug-likeness (QED) is 0.793. The van der Waals surface area contributed by atoms with Crippen LogP contribution in [0.3, 0.4) is 0 Å². The molecule has 4 nitrogen and oxygen atoms in total. The maximum atomic E-state index is 11.4. The van der Waals surface area contributed by atoms with Crippen LogP contribution in [-0.4, -0.2) is 31.7 Å². The number of nitrogens with one attached hydrogen (secondary N) is 1. The number of carbonyl (C=O) groups is 1. The van der Waals surface area contributed by atoms with Crippen LogP contribution in [0.15, 0.2) is 24.3 Å². The summed E-state index contributed by atoms with van der Waals surface area (Å²) in [5.74, 6) is 0.0355. The van der Waals surface area contributed by atoms with Gasteiger partial charge in [-0.2, -0.15) is 0 Å². The molecular formula is C16H26N2O2. The van der Waals surface area contributed by atoms with Crippen molar-refractivity contribution in [2.45, 2.75) is 40.2 Å². The number of amides is 1. The van der Waals surface area contributed by atoms with Crippen LogP contribution < -0.4 is 10.2 Å². The third-order valence-corrected chi connectivity index (χ3v) is 3.01. The topological polar surface area (TPSA) is 41.6 Å². The Morgan fingerprint density at radius 1 is 1.35 bits per heavy atom. The molecule has 0 aromatic heterocycles. The van der Waals surface area contributed by atoms with Gasteiger partial charge in [0.15, 0.2) is 0 Å². The molecule has 0 aliphatic carbocycles. The molecule has 0 heterocycles. The van der Waals surface area contributed by atoms with Crippen LogP contribution in [0.2, 0.25) is 0 Å². The number of ether oxygens (including phenoxy) is 1. The third-order valence-electron chi connectivity index (χ3n) is 3.01. The van der Waals surface area contributed by atoms with Crippen molar-refractivity contribution in [2.24, 2.45) is 0 Å². The Hall–Kier alpha value is -1.55. The second-order valence-corrected chi connectivity index (χ2v) is 4.95. The highest BCUT2D eigenvalue weighted by Crippen LogP contribution is 2.19. The highest BCUT2D eigenvalue weighted by molar-refractivity contribution is 5.90. The summed E-state index contributed by atoms with van der Waals surface area (Å²) in [7, 11) is 0. The van der Waals surface area contributed by atoms with Crippen molar-refractivity contribution in [1.82, 2.24) is 0 Å². The molecule has 1 amide bonds. The first-order chi connectivity index (χ1) is 9.56. The number of nitrogens with zero attached hydrogens (tertiary/aromatic N) is 1. The zero-order chi connectivity index (χ0) is 15.0. The van der Waals surface area contributed by atoms with E-state index in [1.807, 2.05) is 39.0 Å². The van der Waals surface area contributed by atoms with Gasteiger partial charge in [0.2, 0.25) is 5.91 Å². The molecular weight excluding hydrogens is 252 g/mol. The molecule has 0 aliphatic rings. The van der Waals surface area contributed by atoms with E-state index in [-0.39, 0.29) is 12.0 Å². The second-order valence-electron chi connectivity index (χ2n) is 4.95. The Bertz CT molecular complexity index is 419. The first-order valence-corrected chi connectivity index (χ1v) is 7.33. The van der Waals surface area contributed by atoms with Crippen molar-refractivity contribution < 1.29 is 9.53 Å². The standard InChI is InChI=1S/C16H26N2O2/c1-5-16(19)17-14-8-7-9-15(12-14)18(6-2)10-11-20-13(3)4/h7-9,12-13H,5-6,10-11H2,1-4H3,(H,17,19). The average Bonchev–Trinajstić information content (AvgIpc) is 2.43. The zero-order valence-electron chi connectivity index (χ0n) is 13.0. The Morgan fingerprint density at radius 3 is 2.70 bits per heavy atom. The Morgan fingerprint density at radius 2 is 2.10 bits per heavy atom. The maximum absolute atomic E-state index is 11.4. The first kappa shape index (κ1) is 16.5.